The second kappa shape index (κ2) is 5.66. The highest BCUT2D eigenvalue weighted by atomic mass is 16.5. The van der Waals surface area contributed by atoms with Gasteiger partial charge >= 0.3 is 5.97 Å². The van der Waals surface area contributed by atoms with Gasteiger partial charge in [0.2, 0.25) is 0 Å². The van der Waals surface area contributed by atoms with Crippen molar-refractivity contribution in [3.8, 4) is 11.5 Å². The summed E-state index contributed by atoms with van der Waals surface area (Å²) in [5, 5.41) is 19.4. The molecule has 0 unspecified atom stereocenters. The molecule has 0 aliphatic carbocycles. The quantitative estimate of drug-likeness (QED) is 0.668. The van der Waals surface area contributed by atoms with E-state index < -0.39 is 11.8 Å². The predicted molar refractivity (Wildman–Crippen MR) is 75.7 cm³/mol. The molecule has 0 aromatic heterocycles. The first kappa shape index (κ1) is 14.6. The number of esters is 1. The fourth-order valence-corrected chi connectivity index (χ4v) is 1.94. The van der Waals surface area contributed by atoms with Crippen molar-refractivity contribution in [2.24, 2.45) is 0 Å². The van der Waals surface area contributed by atoms with E-state index in [0.717, 1.165) is 5.56 Å². The minimum absolute atomic E-state index is 0.101. The van der Waals surface area contributed by atoms with E-state index in [1.54, 1.807) is 19.1 Å². The standard InChI is InChI=1S/C16H14O5/c1-9-3-5-13(17)11(7-9)15(19)10-4-6-14(18)12(8-10)16(20)21-2/h3-8,17-18H,1-2H3. The smallest absolute Gasteiger partial charge is 0.341 e. The Bertz CT molecular complexity index is 719. The van der Waals surface area contributed by atoms with Crippen LogP contribution in [0, 0.1) is 6.92 Å². The maximum atomic E-state index is 12.4. The maximum absolute atomic E-state index is 12.4. The minimum Gasteiger partial charge on any atom is -0.507 e. The fraction of sp³-hybridized carbons (Fsp3) is 0.125. The van der Waals surface area contributed by atoms with Gasteiger partial charge in [-0.05, 0) is 37.3 Å². The van der Waals surface area contributed by atoms with Crippen molar-refractivity contribution in [1.82, 2.24) is 0 Å². The van der Waals surface area contributed by atoms with E-state index in [2.05, 4.69) is 4.74 Å². The molecule has 0 saturated heterocycles. The van der Waals surface area contributed by atoms with Crippen LogP contribution in [-0.2, 0) is 4.74 Å². The SMILES string of the molecule is COC(=O)c1cc(C(=O)c2cc(C)ccc2O)ccc1O. The lowest BCUT2D eigenvalue weighted by molar-refractivity contribution is 0.0597. The maximum Gasteiger partial charge on any atom is 0.341 e. The Kier molecular flexibility index (Phi) is 3.93. The number of aromatic hydroxyl groups is 2. The molecular weight excluding hydrogens is 272 g/mol. The second-order valence-corrected chi connectivity index (χ2v) is 4.57. The van der Waals surface area contributed by atoms with E-state index in [1.165, 1.54) is 31.4 Å². The number of methoxy groups -OCH3 is 1. The third kappa shape index (κ3) is 2.86. The van der Waals surface area contributed by atoms with Crippen molar-refractivity contribution in [2.75, 3.05) is 7.11 Å². The van der Waals surface area contributed by atoms with Gasteiger partial charge < -0.3 is 14.9 Å². The van der Waals surface area contributed by atoms with Crippen molar-refractivity contribution in [3.63, 3.8) is 0 Å². The zero-order valence-corrected chi connectivity index (χ0v) is 11.6. The lowest BCUT2D eigenvalue weighted by Crippen LogP contribution is -2.06. The molecule has 0 spiro atoms. The van der Waals surface area contributed by atoms with Crippen LogP contribution in [0.5, 0.6) is 11.5 Å². The van der Waals surface area contributed by atoms with Gasteiger partial charge in [0.25, 0.3) is 0 Å². The number of rotatable bonds is 3. The number of phenolic OH excluding ortho intramolecular Hbond substituents is 2. The summed E-state index contributed by atoms with van der Waals surface area (Å²) in [4.78, 5) is 23.9. The number of phenols is 2. The van der Waals surface area contributed by atoms with E-state index in [1.807, 2.05) is 0 Å². The second-order valence-electron chi connectivity index (χ2n) is 4.57. The molecule has 108 valence electrons. The first-order valence-electron chi connectivity index (χ1n) is 6.19. The van der Waals surface area contributed by atoms with Gasteiger partial charge in [0.05, 0.1) is 12.7 Å². The molecule has 0 amide bonds. The third-order valence-corrected chi connectivity index (χ3v) is 3.06. The van der Waals surface area contributed by atoms with Crippen LogP contribution in [-0.4, -0.2) is 29.1 Å². The van der Waals surface area contributed by atoms with Gasteiger partial charge in [-0.25, -0.2) is 4.79 Å². The monoisotopic (exact) mass is 286 g/mol. The average Bonchev–Trinajstić information content (AvgIpc) is 2.48. The Morgan fingerprint density at radius 1 is 0.952 bits per heavy atom. The third-order valence-electron chi connectivity index (χ3n) is 3.06. The van der Waals surface area contributed by atoms with Gasteiger partial charge in [0.15, 0.2) is 5.78 Å². The Morgan fingerprint density at radius 3 is 2.24 bits per heavy atom. The molecule has 0 radical (unpaired) electrons. The molecule has 2 N–H and O–H groups in total. The Morgan fingerprint density at radius 2 is 1.57 bits per heavy atom. The fourth-order valence-electron chi connectivity index (χ4n) is 1.94. The van der Waals surface area contributed by atoms with Crippen LogP contribution in [0.2, 0.25) is 0 Å². The highest BCUT2D eigenvalue weighted by Crippen LogP contribution is 2.25. The molecule has 0 aliphatic rings. The van der Waals surface area contributed by atoms with Crippen molar-refractivity contribution in [3.05, 3.63) is 58.7 Å². The summed E-state index contributed by atoms with van der Waals surface area (Å²) < 4.78 is 4.54. The molecule has 0 fully saturated rings. The first-order chi connectivity index (χ1) is 9.93. The van der Waals surface area contributed by atoms with E-state index in [4.69, 9.17) is 0 Å². The van der Waals surface area contributed by atoms with Gasteiger partial charge in [-0.15, -0.1) is 0 Å². The molecule has 2 aromatic rings. The van der Waals surface area contributed by atoms with Crippen LogP contribution < -0.4 is 0 Å². The Labute approximate surface area is 121 Å². The van der Waals surface area contributed by atoms with Crippen molar-refractivity contribution in [1.29, 1.82) is 0 Å². The molecule has 0 heterocycles. The van der Waals surface area contributed by atoms with Gasteiger partial charge in [-0.3, -0.25) is 4.79 Å². The van der Waals surface area contributed by atoms with Crippen molar-refractivity contribution >= 4 is 11.8 Å². The summed E-state index contributed by atoms with van der Waals surface area (Å²) in [5.41, 5.74) is 1.03. The number of carbonyl (C=O) groups is 2. The van der Waals surface area contributed by atoms with E-state index in [-0.39, 0.29) is 28.2 Å². The van der Waals surface area contributed by atoms with Gasteiger partial charge in [0.1, 0.15) is 17.1 Å². The van der Waals surface area contributed by atoms with Crippen molar-refractivity contribution in [2.45, 2.75) is 6.92 Å². The van der Waals surface area contributed by atoms with Gasteiger partial charge in [-0.2, -0.15) is 0 Å². The van der Waals surface area contributed by atoms with Crippen LogP contribution in [0.1, 0.15) is 31.8 Å². The van der Waals surface area contributed by atoms with Gasteiger partial charge in [0, 0.05) is 5.56 Å². The van der Waals surface area contributed by atoms with E-state index >= 15 is 0 Å². The van der Waals surface area contributed by atoms with Crippen LogP contribution >= 0.6 is 0 Å². The van der Waals surface area contributed by atoms with Crippen LogP contribution in [0.4, 0.5) is 0 Å². The number of ketones is 1. The van der Waals surface area contributed by atoms with E-state index in [9.17, 15) is 19.8 Å². The molecule has 2 rings (SSSR count). The number of aryl methyl sites for hydroxylation is 1. The van der Waals surface area contributed by atoms with Gasteiger partial charge in [-0.1, -0.05) is 11.6 Å². The molecule has 21 heavy (non-hydrogen) atoms. The molecule has 0 atom stereocenters. The molecule has 5 heteroatoms. The molecular formula is C16H14O5. The molecule has 2 aromatic carbocycles. The summed E-state index contributed by atoms with van der Waals surface area (Å²) in [5.74, 6) is -1.60. The number of benzene rings is 2. The summed E-state index contributed by atoms with van der Waals surface area (Å²) in [6.45, 7) is 1.80. The molecule has 0 bridgehead atoms. The highest BCUT2D eigenvalue weighted by molar-refractivity contribution is 6.11. The lowest BCUT2D eigenvalue weighted by Gasteiger charge is -2.08. The van der Waals surface area contributed by atoms with E-state index in [0.29, 0.717) is 0 Å². The normalized spacial score (nSPS) is 10.2. The summed E-state index contributed by atoms with van der Waals surface area (Å²) in [6.07, 6.45) is 0. The topological polar surface area (TPSA) is 83.8 Å². The zero-order valence-electron chi connectivity index (χ0n) is 11.6. The number of hydrogen-bond acceptors (Lipinski definition) is 5. The zero-order chi connectivity index (χ0) is 15.6. The first-order valence-corrected chi connectivity index (χ1v) is 6.19. The molecule has 0 saturated carbocycles. The summed E-state index contributed by atoms with van der Waals surface area (Å²) >= 11 is 0. The van der Waals surface area contributed by atoms with Crippen LogP contribution in [0.3, 0.4) is 0 Å². The molecule has 5 nitrogen and oxygen atoms in total. The summed E-state index contributed by atoms with van der Waals surface area (Å²) in [7, 11) is 1.18. The highest BCUT2D eigenvalue weighted by Gasteiger charge is 2.18. The number of ether oxygens (including phenoxy) is 1. The Hall–Kier alpha value is -2.82. The van der Waals surface area contributed by atoms with Crippen LogP contribution in [0.25, 0.3) is 0 Å². The summed E-state index contributed by atoms with van der Waals surface area (Å²) in [6, 6.07) is 8.54. The predicted octanol–water partition coefficient (Wildman–Crippen LogP) is 2.42. The average molecular weight is 286 g/mol. The lowest BCUT2D eigenvalue weighted by atomic mass is 9.99. The molecule has 0 aliphatic heterocycles. The number of hydrogen-bond donors (Lipinski definition) is 2. The number of carbonyl (C=O) groups excluding carboxylic acids is 2. The van der Waals surface area contributed by atoms with Crippen LogP contribution in [0.15, 0.2) is 36.4 Å². The largest absolute Gasteiger partial charge is 0.507 e. The van der Waals surface area contributed by atoms with Crippen molar-refractivity contribution < 1.29 is 24.5 Å². The Balaban J connectivity index is 2.49. The minimum atomic E-state index is -0.740.